The third-order valence-corrected chi connectivity index (χ3v) is 5.30. The molecule has 0 aliphatic heterocycles. The summed E-state index contributed by atoms with van der Waals surface area (Å²) in [5, 5.41) is 0.148. The number of esters is 1. The van der Waals surface area contributed by atoms with E-state index in [-0.39, 0.29) is 10.6 Å². The second kappa shape index (κ2) is 8.07. The maximum atomic E-state index is 13.9. The average molecular weight is 408 g/mol. The second-order valence-corrected chi connectivity index (χ2v) is 7.24. The van der Waals surface area contributed by atoms with Crippen molar-refractivity contribution in [1.29, 1.82) is 0 Å². The molecule has 0 aromatic heterocycles. The van der Waals surface area contributed by atoms with Crippen LogP contribution >= 0.6 is 11.6 Å². The van der Waals surface area contributed by atoms with Crippen LogP contribution in [-0.4, -0.2) is 21.5 Å². The molecule has 0 spiro atoms. The highest BCUT2D eigenvalue weighted by Gasteiger charge is 2.29. The number of sulfonamides is 1. The minimum atomic E-state index is -4.65. The van der Waals surface area contributed by atoms with Gasteiger partial charge in [0.05, 0.1) is 19.6 Å². The molecule has 1 atom stereocenters. The molecule has 0 heterocycles. The summed E-state index contributed by atoms with van der Waals surface area (Å²) < 4.78 is 71.8. The minimum absolute atomic E-state index is 0.148. The van der Waals surface area contributed by atoms with Crippen LogP contribution in [0.25, 0.3) is 0 Å². The number of hydrogen-bond donors (Lipinski definition) is 1. The van der Waals surface area contributed by atoms with Gasteiger partial charge in [0.2, 0.25) is 10.0 Å². The number of carbonyl (C=O) groups is 1. The Morgan fingerprint density at radius 2 is 1.81 bits per heavy atom. The van der Waals surface area contributed by atoms with Crippen LogP contribution in [0.15, 0.2) is 41.3 Å². The molecule has 2 rings (SSSR count). The maximum absolute atomic E-state index is 13.9. The van der Waals surface area contributed by atoms with Gasteiger partial charge in [0, 0.05) is 5.02 Å². The highest BCUT2D eigenvalue weighted by Crippen LogP contribution is 2.28. The molecular formula is C16H13ClF3NO4S. The van der Waals surface area contributed by atoms with E-state index in [4.69, 9.17) is 11.6 Å². The Labute approximate surface area is 152 Å². The zero-order valence-corrected chi connectivity index (χ0v) is 14.9. The molecule has 2 aromatic rings. The smallest absolute Gasteiger partial charge is 0.307 e. The van der Waals surface area contributed by atoms with E-state index >= 15 is 0 Å². The van der Waals surface area contributed by atoms with Crippen molar-refractivity contribution in [2.75, 3.05) is 7.11 Å². The molecule has 0 fully saturated rings. The predicted molar refractivity (Wildman–Crippen MR) is 87.5 cm³/mol. The Kier molecular flexibility index (Phi) is 6.27. The maximum Gasteiger partial charge on any atom is 0.307 e. The number of hydrogen-bond acceptors (Lipinski definition) is 4. The van der Waals surface area contributed by atoms with Gasteiger partial charge in [-0.1, -0.05) is 29.8 Å². The number of methoxy groups -OCH3 is 1. The van der Waals surface area contributed by atoms with Gasteiger partial charge in [0.15, 0.2) is 17.5 Å². The quantitative estimate of drug-likeness (QED) is 0.589. The van der Waals surface area contributed by atoms with E-state index in [1.807, 2.05) is 0 Å². The van der Waals surface area contributed by atoms with Crippen molar-refractivity contribution in [2.45, 2.75) is 17.4 Å². The molecule has 1 unspecified atom stereocenters. The molecule has 26 heavy (non-hydrogen) atoms. The fraction of sp³-hybridized carbons (Fsp3) is 0.188. The Bertz CT molecular complexity index is 937. The Morgan fingerprint density at radius 1 is 1.15 bits per heavy atom. The third kappa shape index (κ3) is 4.35. The molecule has 5 nitrogen and oxygen atoms in total. The van der Waals surface area contributed by atoms with Crippen LogP contribution in [0.4, 0.5) is 13.2 Å². The summed E-state index contributed by atoms with van der Waals surface area (Å²) in [6.07, 6.45) is -0.454. The molecule has 2 aromatic carbocycles. The summed E-state index contributed by atoms with van der Waals surface area (Å²) in [6.45, 7) is 0. The van der Waals surface area contributed by atoms with Crippen molar-refractivity contribution >= 4 is 27.6 Å². The van der Waals surface area contributed by atoms with Gasteiger partial charge in [-0.25, -0.2) is 26.3 Å². The van der Waals surface area contributed by atoms with E-state index in [0.717, 1.165) is 7.11 Å². The number of rotatable bonds is 6. The van der Waals surface area contributed by atoms with E-state index in [0.29, 0.717) is 12.1 Å². The van der Waals surface area contributed by atoms with Crippen LogP contribution in [0, 0.1) is 17.5 Å². The topological polar surface area (TPSA) is 72.5 Å². The van der Waals surface area contributed by atoms with Gasteiger partial charge in [-0.15, -0.1) is 0 Å². The van der Waals surface area contributed by atoms with Gasteiger partial charge >= 0.3 is 5.97 Å². The van der Waals surface area contributed by atoms with Gasteiger partial charge in [0.1, 0.15) is 4.90 Å². The first-order valence-electron chi connectivity index (χ1n) is 7.14. The Hall–Kier alpha value is -2.10. The zero-order chi connectivity index (χ0) is 19.5. The minimum Gasteiger partial charge on any atom is -0.469 e. The van der Waals surface area contributed by atoms with Crippen LogP contribution in [0.5, 0.6) is 0 Å². The molecule has 140 valence electrons. The third-order valence-electron chi connectivity index (χ3n) is 3.47. The van der Waals surface area contributed by atoms with Crippen LogP contribution < -0.4 is 4.72 Å². The Balaban J connectivity index is 2.46. The van der Waals surface area contributed by atoms with Crippen molar-refractivity contribution in [3.8, 4) is 0 Å². The van der Waals surface area contributed by atoms with Gasteiger partial charge in [-0.3, -0.25) is 4.79 Å². The van der Waals surface area contributed by atoms with Crippen molar-refractivity contribution in [2.24, 2.45) is 0 Å². The fourth-order valence-electron chi connectivity index (χ4n) is 2.19. The van der Waals surface area contributed by atoms with Crippen LogP contribution in [-0.2, 0) is 19.6 Å². The van der Waals surface area contributed by atoms with Crippen molar-refractivity contribution < 1.29 is 31.1 Å². The standard InChI is InChI=1S/C16H13ClF3NO4S/c1-25-14(22)8-12(9-4-2-3-5-10(9)17)21-26(23,24)13-7-6-11(18)15(19)16(13)20/h2-7,12,21H,8H2,1H3. The van der Waals surface area contributed by atoms with Gasteiger partial charge in [0.25, 0.3) is 0 Å². The fourth-order valence-corrected chi connectivity index (χ4v) is 3.74. The van der Waals surface area contributed by atoms with E-state index < -0.39 is 50.8 Å². The van der Waals surface area contributed by atoms with Crippen LogP contribution in [0.2, 0.25) is 5.02 Å². The van der Waals surface area contributed by atoms with Crippen molar-refractivity contribution in [1.82, 2.24) is 4.72 Å². The lowest BCUT2D eigenvalue weighted by Crippen LogP contribution is -2.31. The monoisotopic (exact) mass is 407 g/mol. The summed E-state index contributed by atoms with van der Waals surface area (Å²) in [5.74, 6) is -6.08. The largest absolute Gasteiger partial charge is 0.469 e. The molecule has 0 aliphatic carbocycles. The molecule has 0 saturated heterocycles. The number of halogens is 4. The lowest BCUT2D eigenvalue weighted by Gasteiger charge is -2.19. The highest BCUT2D eigenvalue weighted by molar-refractivity contribution is 7.89. The zero-order valence-electron chi connectivity index (χ0n) is 13.3. The average Bonchev–Trinajstić information content (AvgIpc) is 2.59. The summed E-state index contributed by atoms with van der Waals surface area (Å²) in [7, 11) is -3.54. The molecule has 0 radical (unpaired) electrons. The highest BCUT2D eigenvalue weighted by atomic mass is 35.5. The number of ether oxygens (including phenoxy) is 1. The van der Waals surface area contributed by atoms with Crippen molar-refractivity contribution in [3.63, 3.8) is 0 Å². The molecule has 1 N–H and O–H groups in total. The summed E-state index contributed by atoms with van der Waals surface area (Å²) >= 11 is 6.03. The first-order chi connectivity index (χ1) is 12.2. The van der Waals surface area contributed by atoms with E-state index in [2.05, 4.69) is 9.46 Å². The van der Waals surface area contributed by atoms with E-state index in [1.165, 1.54) is 12.1 Å². The van der Waals surface area contributed by atoms with E-state index in [1.54, 1.807) is 12.1 Å². The molecule has 0 aliphatic rings. The molecule has 0 saturated carbocycles. The lowest BCUT2D eigenvalue weighted by molar-refractivity contribution is -0.141. The first kappa shape index (κ1) is 20.2. The second-order valence-electron chi connectivity index (χ2n) is 5.15. The van der Waals surface area contributed by atoms with Crippen molar-refractivity contribution in [3.05, 3.63) is 64.4 Å². The summed E-state index contributed by atoms with van der Waals surface area (Å²) in [6, 6.07) is 5.92. The number of carbonyl (C=O) groups excluding carboxylic acids is 1. The molecule has 0 bridgehead atoms. The SMILES string of the molecule is COC(=O)CC(NS(=O)(=O)c1ccc(F)c(F)c1F)c1ccccc1Cl. The number of nitrogens with one attached hydrogen (secondary N) is 1. The Morgan fingerprint density at radius 3 is 2.42 bits per heavy atom. The van der Waals surface area contributed by atoms with Gasteiger partial charge in [-0.2, -0.15) is 0 Å². The van der Waals surface area contributed by atoms with Crippen LogP contribution in [0.1, 0.15) is 18.0 Å². The summed E-state index contributed by atoms with van der Waals surface area (Å²) in [4.78, 5) is 10.5. The normalized spacial score (nSPS) is 12.7. The lowest BCUT2D eigenvalue weighted by atomic mass is 10.1. The molecule has 10 heteroatoms. The van der Waals surface area contributed by atoms with Gasteiger partial charge < -0.3 is 4.74 Å². The molecule has 0 amide bonds. The number of benzene rings is 2. The van der Waals surface area contributed by atoms with Gasteiger partial charge in [-0.05, 0) is 23.8 Å². The van der Waals surface area contributed by atoms with E-state index in [9.17, 15) is 26.4 Å². The first-order valence-corrected chi connectivity index (χ1v) is 9.00. The predicted octanol–water partition coefficient (Wildman–Crippen LogP) is 3.34. The molecular weight excluding hydrogens is 395 g/mol. The van der Waals surface area contributed by atoms with Crippen LogP contribution in [0.3, 0.4) is 0 Å². The summed E-state index contributed by atoms with van der Waals surface area (Å²) in [5.41, 5.74) is 0.228.